The van der Waals surface area contributed by atoms with Crippen LogP contribution in [0, 0.1) is 6.92 Å². The Morgan fingerprint density at radius 1 is 1.68 bits per heavy atom. The van der Waals surface area contributed by atoms with Crippen molar-refractivity contribution in [2.24, 2.45) is 4.99 Å². The molecule has 1 fully saturated rings. The molecule has 108 valence electrons. The molecule has 0 aromatic carbocycles. The van der Waals surface area contributed by atoms with E-state index in [0.717, 1.165) is 30.5 Å². The molecule has 1 aromatic rings. The Labute approximate surface area is 135 Å². The summed E-state index contributed by atoms with van der Waals surface area (Å²) < 4.78 is 0. The van der Waals surface area contributed by atoms with Crippen molar-refractivity contribution in [3.63, 3.8) is 0 Å². The average Bonchev–Trinajstić information content (AvgIpc) is 2.94. The molecule has 0 amide bonds. The highest BCUT2D eigenvalue weighted by Crippen LogP contribution is 2.13. The molecule has 1 atom stereocenters. The van der Waals surface area contributed by atoms with Crippen LogP contribution in [0.5, 0.6) is 0 Å². The van der Waals surface area contributed by atoms with Gasteiger partial charge >= 0.3 is 0 Å². The van der Waals surface area contributed by atoms with Crippen molar-refractivity contribution in [2.75, 3.05) is 19.6 Å². The Hall–Kier alpha value is -0.410. The van der Waals surface area contributed by atoms with Crippen LogP contribution < -0.4 is 5.32 Å². The van der Waals surface area contributed by atoms with Crippen LogP contribution in [0.1, 0.15) is 23.2 Å². The van der Waals surface area contributed by atoms with Crippen molar-refractivity contribution < 1.29 is 5.11 Å². The summed E-state index contributed by atoms with van der Waals surface area (Å²) in [7, 11) is 0. The van der Waals surface area contributed by atoms with E-state index in [-0.39, 0.29) is 30.1 Å². The first-order valence-corrected chi connectivity index (χ1v) is 7.13. The first-order valence-electron chi connectivity index (χ1n) is 6.31. The summed E-state index contributed by atoms with van der Waals surface area (Å²) in [4.78, 5) is 12.2. The molecule has 1 aromatic heterocycles. The quantitative estimate of drug-likeness (QED) is 0.463. The lowest BCUT2D eigenvalue weighted by Crippen LogP contribution is -2.40. The van der Waals surface area contributed by atoms with E-state index in [2.05, 4.69) is 27.1 Å². The third-order valence-corrected chi connectivity index (χ3v) is 3.73. The number of nitrogens with one attached hydrogen (secondary N) is 1. The first-order chi connectivity index (χ1) is 8.69. The van der Waals surface area contributed by atoms with Crippen LogP contribution in [-0.2, 0) is 6.54 Å². The molecular weight excluding hydrogens is 375 g/mol. The fourth-order valence-electron chi connectivity index (χ4n) is 1.98. The Morgan fingerprint density at radius 3 is 3.00 bits per heavy atom. The highest BCUT2D eigenvalue weighted by atomic mass is 127. The van der Waals surface area contributed by atoms with E-state index in [1.165, 1.54) is 4.88 Å². The maximum Gasteiger partial charge on any atom is 0.194 e. The standard InChI is InChI=1S/C12H20N4OS.HI/c1-3-13-12(16-5-4-10(17)8-16)15-7-11-14-6-9(2)18-11;/h6,10,17H,3-5,7-8H2,1-2H3,(H,13,15);1H/t10-;/m1./s1. The van der Waals surface area contributed by atoms with Crippen molar-refractivity contribution in [3.05, 3.63) is 16.1 Å². The zero-order valence-electron chi connectivity index (χ0n) is 11.3. The third-order valence-electron chi connectivity index (χ3n) is 2.83. The number of aliphatic hydroxyl groups is 1. The number of hydrogen-bond acceptors (Lipinski definition) is 4. The minimum atomic E-state index is -0.226. The number of aliphatic hydroxyl groups excluding tert-OH is 1. The molecule has 5 nitrogen and oxygen atoms in total. The molecule has 0 aliphatic carbocycles. The van der Waals surface area contributed by atoms with Gasteiger partial charge in [-0.2, -0.15) is 0 Å². The number of aliphatic imine (C=N–C) groups is 1. The predicted octanol–water partition coefficient (Wildman–Crippen LogP) is 1.60. The van der Waals surface area contributed by atoms with Gasteiger partial charge in [0.1, 0.15) is 5.01 Å². The maximum absolute atomic E-state index is 9.57. The number of rotatable bonds is 3. The number of hydrogen-bond donors (Lipinski definition) is 2. The largest absolute Gasteiger partial charge is 0.391 e. The molecule has 7 heteroatoms. The summed E-state index contributed by atoms with van der Waals surface area (Å²) in [6, 6.07) is 0. The van der Waals surface area contributed by atoms with Crippen LogP contribution in [0.3, 0.4) is 0 Å². The number of guanidine groups is 1. The van der Waals surface area contributed by atoms with Gasteiger partial charge in [-0.05, 0) is 20.3 Å². The molecule has 0 saturated carbocycles. The number of aromatic nitrogens is 1. The molecule has 0 spiro atoms. The average molecular weight is 396 g/mol. The Kier molecular flexibility index (Phi) is 7.01. The molecular formula is C12H21IN4OS. The summed E-state index contributed by atoms with van der Waals surface area (Å²) in [5.74, 6) is 0.877. The minimum absolute atomic E-state index is 0. The van der Waals surface area contributed by atoms with Gasteiger partial charge in [0.2, 0.25) is 0 Å². The van der Waals surface area contributed by atoms with Gasteiger partial charge in [-0.3, -0.25) is 0 Å². The fourth-order valence-corrected chi connectivity index (χ4v) is 2.69. The molecule has 2 N–H and O–H groups in total. The Balaban J connectivity index is 0.00000180. The van der Waals surface area contributed by atoms with E-state index in [1.54, 1.807) is 11.3 Å². The Bertz CT molecular complexity index is 424. The van der Waals surface area contributed by atoms with Crippen LogP contribution in [0.15, 0.2) is 11.2 Å². The van der Waals surface area contributed by atoms with Gasteiger partial charge in [0.05, 0.1) is 12.6 Å². The van der Waals surface area contributed by atoms with Gasteiger partial charge in [-0.25, -0.2) is 9.98 Å². The summed E-state index contributed by atoms with van der Waals surface area (Å²) in [5.41, 5.74) is 0. The van der Waals surface area contributed by atoms with Crippen molar-refractivity contribution in [2.45, 2.75) is 32.9 Å². The van der Waals surface area contributed by atoms with Crippen LogP contribution in [0.4, 0.5) is 0 Å². The maximum atomic E-state index is 9.57. The van der Waals surface area contributed by atoms with Crippen molar-refractivity contribution in [3.8, 4) is 0 Å². The first kappa shape index (κ1) is 16.6. The normalized spacial score (nSPS) is 19.4. The summed E-state index contributed by atoms with van der Waals surface area (Å²) in [6.07, 6.45) is 2.47. The Morgan fingerprint density at radius 2 is 2.47 bits per heavy atom. The van der Waals surface area contributed by atoms with Gasteiger partial charge in [0, 0.05) is 30.7 Å². The summed E-state index contributed by atoms with van der Waals surface area (Å²) >= 11 is 1.68. The molecule has 2 heterocycles. The second-order valence-electron chi connectivity index (χ2n) is 4.42. The topological polar surface area (TPSA) is 60.8 Å². The van der Waals surface area contributed by atoms with E-state index < -0.39 is 0 Å². The number of thiazole rings is 1. The van der Waals surface area contributed by atoms with Crippen molar-refractivity contribution in [1.29, 1.82) is 0 Å². The molecule has 0 bridgehead atoms. The number of aryl methyl sites for hydroxylation is 1. The second-order valence-corrected chi connectivity index (χ2v) is 5.74. The monoisotopic (exact) mass is 396 g/mol. The van der Waals surface area contributed by atoms with Gasteiger partial charge in [-0.1, -0.05) is 0 Å². The lowest BCUT2D eigenvalue weighted by molar-refractivity contribution is 0.188. The highest BCUT2D eigenvalue weighted by Gasteiger charge is 2.22. The molecule has 2 rings (SSSR count). The zero-order valence-corrected chi connectivity index (χ0v) is 14.4. The lowest BCUT2D eigenvalue weighted by atomic mass is 10.3. The van der Waals surface area contributed by atoms with Gasteiger partial charge in [0.25, 0.3) is 0 Å². The van der Waals surface area contributed by atoms with Crippen molar-refractivity contribution >= 4 is 41.3 Å². The van der Waals surface area contributed by atoms with E-state index >= 15 is 0 Å². The fraction of sp³-hybridized carbons (Fsp3) is 0.667. The van der Waals surface area contributed by atoms with Crippen LogP contribution >= 0.6 is 35.3 Å². The highest BCUT2D eigenvalue weighted by molar-refractivity contribution is 14.0. The number of β-amino-alcohol motifs (C(OH)–C–C–N with tert-alkyl or cyclic N) is 1. The SMILES string of the molecule is CCNC(=NCc1ncc(C)s1)N1CC[C@@H](O)C1.I. The van der Waals surface area contributed by atoms with E-state index in [4.69, 9.17) is 0 Å². The molecule has 19 heavy (non-hydrogen) atoms. The lowest BCUT2D eigenvalue weighted by Gasteiger charge is -2.20. The van der Waals surface area contributed by atoms with E-state index in [1.807, 2.05) is 13.1 Å². The minimum Gasteiger partial charge on any atom is -0.391 e. The summed E-state index contributed by atoms with van der Waals surface area (Å²) in [6.45, 7) is 7.07. The molecule has 1 aliphatic heterocycles. The zero-order chi connectivity index (χ0) is 13.0. The van der Waals surface area contributed by atoms with Gasteiger partial charge in [0.15, 0.2) is 5.96 Å². The second kappa shape index (κ2) is 8.01. The predicted molar refractivity (Wildman–Crippen MR) is 89.3 cm³/mol. The summed E-state index contributed by atoms with van der Waals surface area (Å²) in [5, 5.41) is 13.9. The van der Waals surface area contributed by atoms with Gasteiger partial charge in [-0.15, -0.1) is 35.3 Å². The molecule has 1 aliphatic rings. The number of halogens is 1. The smallest absolute Gasteiger partial charge is 0.194 e. The van der Waals surface area contributed by atoms with E-state index in [0.29, 0.717) is 13.1 Å². The molecule has 0 radical (unpaired) electrons. The third kappa shape index (κ3) is 4.88. The van der Waals surface area contributed by atoms with Crippen molar-refractivity contribution in [1.82, 2.24) is 15.2 Å². The van der Waals surface area contributed by atoms with Crippen LogP contribution in [0.2, 0.25) is 0 Å². The number of nitrogens with zero attached hydrogens (tertiary/aromatic N) is 3. The van der Waals surface area contributed by atoms with Gasteiger partial charge < -0.3 is 15.3 Å². The van der Waals surface area contributed by atoms with E-state index in [9.17, 15) is 5.11 Å². The number of likely N-dealkylation sites (tertiary alicyclic amines) is 1. The molecule has 0 unspecified atom stereocenters. The van der Waals surface area contributed by atoms with Crippen LogP contribution in [-0.4, -0.2) is 46.7 Å². The van der Waals surface area contributed by atoms with Crippen LogP contribution in [0.25, 0.3) is 0 Å². The molecule has 1 saturated heterocycles.